The molecule has 158 valence electrons. The molecular weight excluding hydrogens is 400 g/mol. The summed E-state index contributed by atoms with van der Waals surface area (Å²) < 4.78 is 12.2. The molecule has 1 atom stereocenters. The van der Waals surface area contributed by atoms with Gasteiger partial charge in [0.2, 0.25) is 0 Å². The van der Waals surface area contributed by atoms with Gasteiger partial charge in [0, 0.05) is 29.5 Å². The molecule has 2 heterocycles. The SMILES string of the molecule is CC1(C)CC(=O)C2=C(C1)Oc1ccc3ccccc3c1C2c1coc2ccccc2c1=O. The van der Waals surface area contributed by atoms with Crippen LogP contribution in [0.25, 0.3) is 21.7 Å². The lowest BCUT2D eigenvalue weighted by Gasteiger charge is -2.38. The van der Waals surface area contributed by atoms with E-state index < -0.39 is 5.92 Å². The normalized spacial score (nSPS) is 19.6. The van der Waals surface area contributed by atoms with E-state index >= 15 is 0 Å². The second kappa shape index (κ2) is 6.67. The first kappa shape index (κ1) is 19.1. The van der Waals surface area contributed by atoms with Gasteiger partial charge in [0.15, 0.2) is 11.2 Å². The molecule has 0 spiro atoms. The van der Waals surface area contributed by atoms with Crippen LogP contribution in [0.4, 0.5) is 0 Å². The predicted octanol–water partition coefficient (Wildman–Crippen LogP) is 6.11. The lowest BCUT2D eigenvalue weighted by Crippen LogP contribution is -2.34. The van der Waals surface area contributed by atoms with Crippen molar-refractivity contribution >= 4 is 27.5 Å². The molecule has 4 aromatic rings. The number of carbonyl (C=O) groups is 1. The van der Waals surface area contributed by atoms with Crippen LogP contribution >= 0.6 is 0 Å². The topological polar surface area (TPSA) is 56.5 Å². The Morgan fingerprint density at radius 2 is 1.62 bits per heavy atom. The van der Waals surface area contributed by atoms with Crippen molar-refractivity contribution in [2.45, 2.75) is 32.6 Å². The van der Waals surface area contributed by atoms with Gasteiger partial charge in [-0.05, 0) is 34.4 Å². The second-order valence-electron chi connectivity index (χ2n) is 9.53. The van der Waals surface area contributed by atoms with Gasteiger partial charge in [-0.2, -0.15) is 0 Å². The average Bonchev–Trinajstić information content (AvgIpc) is 2.77. The van der Waals surface area contributed by atoms with Gasteiger partial charge >= 0.3 is 0 Å². The van der Waals surface area contributed by atoms with Crippen LogP contribution in [-0.2, 0) is 4.79 Å². The molecule has 0 amide bonds. The van der Waals surface area contributed by atoms with Crippen LogP contribution < -0.4 is 10.2 Å². The van der Waals surface area contributed by atoms with Gasteiger partial charge < -0.3 is 9.15 Å². The first-order valence-corrected chi connectivity index (χ1v) is 10.9. The van der Waals surface area contributed by atoms with Crippen molar-refractivity contribution in [3.63, 3.8) is 0 Å². The Balaban J connectivity index is 1.71. The second-order valence-corrected chi connectivity index (χ2v) is 9.53. The molecular formula is C28H22O4. The van der Waals surface area contributed by atoms with Crippen molar-refractivity contribution in [1.29, 1.82) is 0 Å². The highest BCUT2D eigenvalue weighted by molar-refractivity contribution is 6.02. The van der Waals surface area contributed by atoms with Crippen LogP contribution in [0.1, 0.15) is 43.7 Å². The number of fused-ring (bicyclic) bond motifs is 4. The Kier molecular flexibility index (Phi) is 3.97. The van der Waals surface area contributed by atoms with Gasteiger partial charge in [0.05, 0.1) is 17.6 Å². The third-order valence-electron chi connectivity index (χ3n) is 6.64. The molecule has 0 fully saturated rings. The molecule has 0 saturated heterocycles. The zero-order chi connectivity index (χ0) is 22.0. The number of hydrogen-bond acceptors (Lipinski definition) is 4. The van der Waals surface area contributed by atoms with Crippen LogP contribution in [0, 0.1) is 5.41 Å². The molecule has 1 aliphatic carbocycles. The molecule has 4 nitrogen and oxygen atoms in total. The van der Waals surface area contributed by atoms with Crippen molar-refractivity contribution in [3.05, 3.63) is 99.6 Å². The van der Waals surface area contributed by atoms with Gasteiger partial charge in [0.25, 0.3) is 0 Å². The number of ether oxygens (including phenoxy) is 1. The summed E-state index contributed by atoms with van der Waals surface area (Å²) in [6.45, 7) is 4.15. The minimum absolute atomic E-state index is 0.0346. The number of ketones is 1. The van der Waals surface area contributed by atoms with Crippen LogP contribution in [0.15, 0.2) is 87.5 Å². The molecule has 3 aromatic carbocycles. The molecule has 0 radical (unpaired) electrons. The largest absolute Gasteiger partial charge is 0.464 e. The van der Waals surface area contributed by atoms with E-state index in [1.165, 1.54) is 6.26 Å². The smallest absolute Gasteiger partial charge is 0.196 e. The van der Waals surface area contributed by atoms with E-state index in [1.54, 1.807) is 12.1 Å². The van der Waals surface area contributed by atoms with Crippen LogP contribution in [0.3, 0.4) is 0 Å². The van der Waals surface area contributed by atoms with Crippen molar-refractivity contribution in [2.24, 2.45) is 5.41 Å². The Morgan fingerprint density at radius 3 is 2.47 bits per heavy atom. The van der Waals surface area contributed by atoms with E-state index in [0.717, 1.165) is 16.3 Å². The third kappa shape index (κ3) is 2.76. The fourth-order valence-corrected chi connectivity index (χ4v) is 5.23. The summed E-state index contributed by atoms with van der Waals surface area (Å²) in [7, 11) is 0. The summed E-state index contributed by atoms with van der Waals surface area (Å²) in [5.41, 5.74) is 2.17. The fraction of sp³-hybridized carbons (Fsp3) is 0.214. The lowest BCUT2D eigenvalue weighted by atomic mass is 9.69. The summed E-state index contributed by atoms with van der Waals surface area (Å²) in [6, 6.07) is 19.2. The maximum atomic E-state index is 13.6. The average molecular weight is 422 g/mol. The van der Waals surface area contributed by atoms with E-state index in [2.05, 4.69) is 13.8 Å². The number of allylic oxidation sites excluding steroid dienone is 2. The Labute approximate surface area is 185 Å². The molecule has 1 aliphatic heterocycles. The van der Waals surface area contributed by atoms with Crippen LogP contribution in [0.2, 0.25) is 0 Å². The van der Waals surface area contributed by atoms with E-state index in [-0.39, 0.29) is 16.6 Å². The van der Waals surface area contributed by atoms with Crippen molar-refractivity contribution in [2.75, 3.05) is 0 Å². The molecule has 1 aromatic heterocycles. The number of Topliss-reactive ketones (excluding diaryl/α,β-unsaturated/α-hetero) is 1. The Morgan fingerprint density at radius 1 is 0.875 bits per heavy atom. The third-order valence-corrected chi connectivity index (χ3v) is 6.64. The summed E-state index contributed by atoms with van der Waals surface area (Å²) in [5.74, 6) is 0.883. The molecule has 0 N–H and O–H groups in total. The van der Waals surface area contributed by atoms with Gasteiger partial charge in [0.1, 0.15) is 17.1 Å². The van der Waals surface area contributed by atoms with E-state index in [4.69, 9.17) is 9.15 Å². The quantitative estimate of drug-likeness (QED) is 0.371. The van der Waals surface area contributed by atoms with Gasteiger partial charge in [-0.15, -0.1) is 0 Å². The number of carbonyl (C=O) groups excluding carboxylic acids is 1. The first-order chi connectivity index (χ1) is 15.4. The summed E-state index contributed by atoms with van der Waals surface area (Å²) in [4.78, 5) is 27.1. The highest BCUT2D eigenvalue weighted by atomic mass is 16.5. The van der Waals surface area contributed by atoms with Gasteiger partial charge in [-0.3, -0.25) is 9.59 Å². The van der Waals surface area contributed by atoms with E-state index in [9.17, 15) is 9.59 Å². The Hall–Kier alpha value is -3.66. The highest BCUT2D eigenvalue weighted by Crippen LogP contribution is 2.51. The number of rotatable bonds is 1. The molecule has 1 unspecified atom stereocenters. The maximum absolute atomic E-state index is 13.6. The zero-order valence-electron chi connectivity index (χ0n) is 18.0. The highest BCUT2D eigenvalue weighted by Gasteiger charge is 2.43. The summed E-state index contributed by atoms with van der Waals surface area (Å²) >= 11 is 0. The minimum atomic E-state index is -0.524. The van der Waals surface area contributed by atoms with Gasteiger partial charge in [-0.25, -0.2) is 0 Å². The molecule has 4 heteroatoms. The van der Waals surface area contributed by atoms with E-state index in [1.807, 2.05) is 48.5 Å². The Bertz CT molecular complexity index is 1520. The number of hydrogen-bond donors (Lipinski definition) is 0. The van der Waals surface area contributed by atoms with Crippen molar-refractivity contribution in [1.82, 2.24) is 0 Å². The zero-order valence-corrected chi connectivity index (χ0v) is 18.0. The van der Waals surface area contributed by atoms with Crippen molar-refractivity contribution < 1.29 is 13.9 Å². The number of para-hydroxylation sites is 1. The molecule has 2 aliphatic rings. The number of benzene rings is 3. The van der Waals surface area contributed by atoms with Gasteiger partial charge in [-0.1, -0.05) is 56.3 Å². The summed E-state index contributed by atoms with van der Waals surface area (Å²) in [6.07, 6.45) is 2.60. The first-order valence-electron chi connectivity index (χ1n) is 10.9. The lowest BCUT2D eigenvalue weighted by molar-refractivity contribution is -0.118. The van der Waals surface area contributed by atoms with Crippen molar-refractivity contribution in [3.8, 4) is 5.75 Å². The van der Waals surface area contributed by atoms with E-state index in [0.29, 0.717) is 46.5 Å². The molecule has 6 rings (SSSR count). The summed E-state index contributed by atoms with van der Waals surface area (Å²) in [5, 5.41) is 2.54. The van der Waals surface area contributed by atoms with Crippen LogP contribution in [-0.4, -0.2) is 5.78 Å². The minimum Gasteiger partial charge on any atom is -0.464 e. The molecule has 32 heavy (non-hydrogen) atoms. The maximum Gasteiger partial charge on any atom is 0.196 e. The van der Waals surface area contributed by atoms with Crippen LogP contribution in [0.5, 0.6) is 5.75 Å². The predicted molar refractivity (Wildman–Crippen MR) is 124 cm³/mol. The fourth-order valence-electron chi connectivity index (χ4n) is 5.23. The monoisotopic (exact) mass is 422 g/mol. The standard InChI is InChI=1S/C28H22O4/c1-28(2)13-20(29)26-23(14-28)32-22-12-11-16-7-3-4-8-17(16)24(22)25(26)19-15-31-21-10-6-5-9-18(21)27(19)30/h3-12,15,25H,13-14H2,1-2H3. The molecule has 0 saturated carbocycles. The molecule has 0 bridgehead atoms.